The molecule has 1 aliphatic heterocycles. The lowest BCUT2D eigenvalue weighted by molar-refractivity contribution is -0.147. The molecule has 0 aliphatic carbocycles. The van der Waals surface area contributed by atoms with Crippen molar-refractivity contribution in [2.75, 3.05) is 25.7 Å². The number of carbonyl (C=O) groups excluding carboxylic acids is 3. The SMILES string of the molecule is CC[C@H](C)[C@H](N)C(N[C@H](C(=O)OC)[C@H](CSC)C(=O)C1NCCc2ccccc21)C(=O)Cc1cncn1Cc1ccc(C#N)cc1. The minimum Gasteiger partial charge on any atom is -0.468 e. The predicted molar refractivity (Wildman–Crippen MR) is 179 cm³/mol. The number of nitrogens with one attached hydrogen (secondary N) is 2. The molecule has 0 amide bonds. The molecule has 2 aromatic carbocycles. The molecule has 0 saturated heterocycles. The van der Waals surface area contributed by atoms with Crippen LogP contribution in [0, 0.1) is 23.2 Å². The Morgan fingerprint density at radius 2 is 1.93 bits per heavy atom. The number of carbonyl (C=O) groups is 3. The molecule has 1 aliphatic rings. The molecule has 0 fully saturated rings. The third-order valence-electron chi connectivity index (χ3n) is 8.94. The topological polar surface area (TPSA) is 152 Å². The van der Waals surface area contributed by atoms with Gasteiger partial charge in [0.1, 0.15) is 6.04 Å². The number of nitrogens with zero attached hydrogens (tertiary/aromatic N) is 3. The molecule has 6 atom stereocenters. The normalized spacial score (nSPS) is 17.5. The van der Waals surface area contributed by atoms with Gasteiger partial charge in [-0.2, -0.15) is 17.0 Å². The van der Waals surface area contributed by atoms with E-state index in [-0.39, 0.29) is 23.9 Å². The first kappa shape index (κ1) is 35.0. The van der Waals surface area contributed by atoms with Gasteiger partial charge in [0.25, 0.3) is 0 Å². The molecule has 10 nitrogen and oxygen atoms in total. The van der Waals surface area contributed by atoms with E-state index in [0.29, 0.717) is 30.1 Å². The van der Waals surface area contributed by atoms with Gasteiger partial charge in [-0.25, -0.2) is 4.98 Å². The van der Waals surface area contributed by atoms with Crippen LogP contribution < -0.4 is 16.4 Å². The third kappa shape index (κ3) is 8.30. The van der Waals surface area contributed by atoms with Crippen LogP contribution in [0.1, 0.15) is 54.3 Å². The Hall–Kier alpha value is -3.82. The maximum Gasteiger partial charge on any atom is 0.323 e. The van der Waals surface area contributed by atoms with Gasteiger partial charge in [-0.3, -0.25) is 19.7 Å². The van der Waals surface area contributed by atoms with Gasteiger partial charge in [0.15, 0.2) is 11.6 Å². The van der Waals surface area contributed by atoms with Crippen molar-refractivity contribution in [2.45, 2.75) is 63.8 Å². The fourth-order valence-corrected chi connectivity index (χ4v) is 6.71. The molecule has 0 bridgehead atoms. The van der Waals surface area contributed by atoms with Crippen molar-refractivity contribution in [1.82, 2.24) is 20.2 Å². The summed E-state index contributed by atoms with van der Waals surface area (Å²) < 4.78 is 7.12. The number of aromatic nitrogens is 2. The van der Waals surface area contributed by atoms with Gasteiger partial charge in [-0.15, -0.1) is 0 Å². The largest absolute Gasteiger partial charge is 0.468 e. The fourth-order valence-electron chi connectivity index (χ4n) is 5.99. The summed E-state index contributed by atoms with van der Waals surface area (Å²) in [5.74, 6) is -1.44. The quantitative estimate of drug-likeness (QED) is 0.198. The van der Waals surface area contributed by atoms with Crippen molar-refractivity contribution in [3.05, 3.63) is 89.0 Å². The number of nitrogens with two attached hydrogens (primary N) is 1. The van der Waals surface area contributed by atoms with Gasteiger partial charge in [0, 0.05) is 43.2 Å². The van der Waals surface area contributed by atoms with E-state index in [1.165, 1.54) is 18.9 Å². The number of rotatable bonds is 16. The number of esters is 1. The van der Waals surface area contributed by atoms with Crippen molar-refractivity contribution in [3.8, 4) is 6.07 Å². The average Bonchev–Trinajstić information content (AvgIpc) is 3.52. The molecule has 4 N–H and O–H groups in total. The van der Waals surface area contributed by atoms with E-state index in [9.17, 15) is 14.4 Å². The molecular formula is C35H44N6O4S. The number of nitriles is 1. The number of fused-ring (bicyclic) bond motifs is 1. The highest BCUT2D eigenvalue weighted by Crippen LogP contribution is 2.29. The standard InChI is InChI=1S/C35H44N6O4S/c1-5-22(2)30(37)33(29(42)16-26-18-38-21-41(26)19-24-12-10-23(17-36)11-13-24)40-32(35(44)45-3)28(20-46-4)34(43)31-27-9-7-6-8-25(27)14-15-39-31/h6-13,18,21-22,28,30-33,39-40H,5,14-16,19-20,37H2,1-4H3/t22-,28-,30-,31?,32-,33?/m0/s1. The number of ether oxygens (including phenoxy) is 1. The number of imidazole rings is 1. The first-order chi connectivity index (χ1) is 22.2. The number of ketones is 2. The minimum atomic E-state index is -1.09. The van der Waals surface area contributed by atoms with Gasteiger partial charge >= 0.3 is 5.97 Å². The first-order valence-electron chi connectivity index (χ1n) is 15.7. The zero-order chi connectivity index (χ0) is 33.2. The summed E-state index contributed by atoms with van der Waals surface area (Å²) in [6.07, 6.45) is 6.76. The lowest BCUT2D eigenvalue weighted by atomic mass is 9.83. The number of Topliss-reactive ketones (excluding diaryl/α,β-unsaturated/α-hetero) is 2. The van der Waals surface area contributed by atoms with E-state index in [1.54, 1.807) is 24.7 Å². The second kappa shape index (κ2) is 16.7. The van der Waals surface area contributed by atoms with Crippen LogP contribution >= 0.6 is 11.8 Å². The summed E-state index contributed by atoms with van der Waals surface area (Å²) in [6.45, 7) is 5.09. The zero-order valence-corrected chi connectivity index (χ0v) is 27.8. The van der Waals surface area contributed by atoms with Crippen LogP contribution in [-0.2, 0) is 38.5 Å². The number of methoxy groups -OCH3 is 1. The van der Waals surface area contributed by atoms with Crippen molar-refractivity contribution in [1.29, 1.82) is 5.26 Å². The van der Waals surface area contributed by atoms with Crippen LogP contribution in [0.4, 0.5) is 0 Å². The maximum absolute atomic E-state index is 14.3. The van der Waals surface area contributed by atoms with Gasteiger partial charge in [0.05, 0.1) is 43.1 Å². The van der Waals surface area contributed by atoms with E-state index < -0.39 is 36.1 Å². The smallest absolute Gasteiger partial charge is 0.323 e. The highest BCUT2D eigenvalue weighted by atomic mass is 32.2. The Balaban J connectivity index is 1.63. The summed E-state index contributed by atoms with van der Waals surface area (Å²) in [4.78, 5) is 46.2. The molecular weight excluding hydrogens is 600 g/mol. The first-order valence-corrected chi connectivity index (χ1v) is 17.1. The highest BCUT2D eigenvalue weighted by Gasteiger charge is 2.42. The van der Waals surface area contributed by atoms with E-state index in [0.717, 1.165) is 29.5 Å². The molecule has 1 aromatic heterocycles. The van der Waals surface area contributed by atoms with Gasteiger partial charge in [-0.05, 0) is 47.4 Å². The fraction of sp³-hybridized carbons (Fsp3) is 0.457. The molecule has 0 saturated carbocycles. The number of hydrogen-bond acceptors (Lipinski definition) is 10. The molecule has 0 spiro atoms. The molecule has 3 aromatic rings. The summed E-state index contributed by atoms with van der Waals surface area (Å²) in [5, 5.41) is 15.8. The highest BCUT2D eigenvalue weighted by molar-refractivity contribution is 7.98. The maximum atomic E-state index is 14.3. The molecule has 46 heavy (non-hydrogen) atoms. The molecule has 4 rings (SSSR count). The van der Waals surface area contributed by atoms with E-state index >= 15 is 0 Å². The van der Waals surface area contributed by atoms with Crippen molar-refractivity contribution in [2.24, 2.45) is 17.6 Å². The Kier molecular flexibility index (Phi) is 12.7. The summed E-state index contributed by atoms with van der Waals surface area (Å²) >= 11 is 1.46. The monoisotopic (exact) mass is 644 g/mol. The van der Waals surface area contributed by atoms with Crippen LogP contribution in [0.15, 0.2) is 61.1 Å². The van der Waals surface area contributed by atoms with E-state index in [4.69, 9.17) is 15.7 Å². The molecule has 0 radical (unpaired) electrons. The van der Waals surface area contributed by atoms with E-state index in [1.807, 2.05) is 61.1 Å². The third-order valence-corrected chi connectivity index (χ3v) is 9.64. The summed E-state index contributed by atoms with van der Waals surface area (Å²) in [6, 6.07) is 14.0. The van der Waals surface area contributed by atoms with Crippen molar-refractivity contribution in [3.63, 3.8) is 0 Å². The minimum absolute atomic E-state index is 0.0185. The Bertz CT molecular complexity index is 1530. The van der Waals surface area contributed by atoms with Gasteiger partial charge in [0.2, 0.25) is 0 Å². The van der Waals surface area contributed by atoms with Crippen LogP contribution in [-0.4, -0.2) is 70.9 Å². The predicted octanol–water partition coefficient (Wildman–Crippen LogP) is 3.22. The molecule has 244 valence electrons. The van der Waals surface area contributed by atoms with Crippen molar-refractivity contribution >= 4 is 29.3 Å². The Morgan fingerprint density at radius 1 is 1.20 bits per heavy atom. The second-order valence-corrected chi connectivity index (χ2v) is 12.8. The van der Waals surface area contributed by atoms with Gasteiger partial charge in [-0.1, -0.05) is 56.7 Å². The second-order valence-electron chi connectivity index (χ2n) is 11.9. The molecule has 11 heteroatoms. The number of thioether (sulfide) groups is 1. The Labute approximate surface area is 275 Å². The van der Waals surface area contributed by atoms with Gasteiger partial charge < -0.3 is 20.4 Å². The Morgan fingerprint density at radius 3 is 2.61 bits per heavy atom. The number of benzene rings is 2. The lowest BCUT2D eigenvalue weighted by Crippen LogP contribution is -2.61. The van der Waals surface area contributed by atoms with Crippen LogP contribution in [0.5, 0.6) is 0 Å². The molecule has 2 unspecified atom stereocenters. The average molecular weight is 645 g/mol. The van der Waals surface area contributed by atoms with E-state index in [2.05, 4.69) is 21.7 Å². The van der Waals surface area contributed by atoms with Crippen LogP contribution in [0.3, 0.4) is 0 Å². The summed E-state index contributed by atoms with van der Waals surface area (Å²) in [7, 11) is 1.29. The number of hydrogen-bond donors (Lipinski definition) is 3. The molecule has 2 heterocycles. The zero-order valence-electron chi connectivity index (χ0n) is 26.9. The van der Waals surface area contributed by atoms with Crippen LogP contribution in [0.25, 0.3) is 0 Å². The lowest BCUT2D eigenvalue weighted by Gasteiger charge is -2.35. The van der Waals surface area contributed by atoms with Crippen LogP contribution in [0.2, 0.25) is 0 Å². The summed E-state index contributed by atoms with van der Waals surface area (Å²) in [5.41, 5.74) is 11.0. The van der Waals surface area contributed by atoms with Crippen molar-refractivity contribution < 1.29 is 19.1 Å².